The highest BCUT2D eigenvalue weighted by Crippen LogP contribution is 2.46. The van der Waals surface area contributed by atoms with E-state index in [2.05, 4.69) is 44.8 Å². The third-order valence-electron chi connectivity index (χ3n) is 4.71. The monoisotopic (exact) mass is 240 g/mol. The SMILES string of the molecule is CCOC1CC(N2CC(C)NCC2C)C1(C)C. The second-order valence-electron chi connectivity index (χ2n) is 6.37. The zero-order valence-corrected chi connectivity index (χ0v) is 12.0. The minimum absolute atomic E-state index is 0.307. The molecule has 3 nitrogen and oxygen atoms in total. The molecule has 1 saturated carbocycles. The predicted molar refractivity (Wildman–Crippen MR) is 71.2 cm³/mol. The van der Waals surface area contributed by atoms with Crippen molar-refractivity contribution in [3.05, 3.63) is 0 Å². The lowest BCUT2D eigenvalue weighted by Crippen LogP contribution is -2.68. The van der Waals surface area contributed by atoms with Crippen LogP contribution in [0.1, 0.15) is 41.0 Å². The summed E-state index contributed by atoms with van der Waals surface area (Å²) >= 11 is 0. The van der Waals surface area contributed by atoms with E-state index in [1.54, 1.807) is 0 Å². The average molecular weight is 240 g/mol. The van der Waals surface area contributed by atoms with Gasteiger partial charge in [-0.1, -0.05) is 13.8 Å². The first kappa shape index (κ1) is 13.3. The Kier molecular flexibility index (Phi) is 3.81. The van der Waals surface area contributed by atoms with Gasteiger partial charge in [-0.2, -0.15) is 0 Å². The van der Waals surface area contributed by atoms with Crippen LogP contribution in [0.15, 0.2) is 0 Å². The second-order valence-corrected chi connectivity index (χ2v) is 6.37. The predicted octanol–water partition coefficient (Wildman–Crippen LogP) is 1.87. The summed E-state index contributed by atoms with van der Waals surface area (Å²) in [7, 11) is 0. The minimum atomic E-state index is 0.307. The van der Waals surface area contributed by atoms with Gasteiger partial charge in [-0.05, 0) is 27.2 Å². The number of hydrogen-bond donors (Lipinski definition) is 1. The van der Waals surface area contributed by atoms with Crippen LogP contribution >= 0.6 is 0 Å². The van der Waals surface area contributed by atoms with Crippen molar-refractivity contribution in [2.24, 2.45) is 5.41 Å². The summed E-state index contributed by atoms with van der Waals surface area (Å²) < 4.78 is 5.83. The molecule has 1 N–H and O–H groups in total. The molecule has 2 fully saturated rings. The van der Waals surface area contributed by atoms with Gasteiger partial charge in [-0.25, -0.2) is 0 Å². The zero-order valence-electron chi connectivity index (χ0n) is 12.0. The van der Waals surface area contributed by atoms with Gasteiger partial charge in [-0.3, -0.25) is 4.90 Å². The first-order valence-electron chi connectivity index (χ1n) is 7.07. The summed E-state index contributed by atoms with van der Waals surface area (Å²) in [6, 6.07) is 1.96. The molecule has 1 saturated heterocycles. The smallest absolute Gasteiger partial charge is 0.0655 e. The average Bonchev–Trinajstić information content (AvgIpc) is 2.28. The highest BCUT2D eigenvalue weighted by molar-refractivity contribution is 5.06. The maximum atomic E-state index is 5.83. The molecule has 3 heteroatoms. The molecular formula is C14H28N2O. The quantitative estimate of drug-likeness (QED) is 0.815. The molecule has 0 aromatic heterocycles. The molecule has 1 aliphatic carbocycles. The van der Waals surface area contributed by atoms with Gasteiger partial charge in [0, 0.05) is 43.2 Å². The fourth-order valence-electron chi connectivity index (χ4n) is 3.40. The van der Waals surface area contributed by atoms with Gasteiger partial charge < -0.3 is 10.1 Å². The Labute approximate surface area is 106 Å². The van der Waals surface area contributed by atoms with E-state index in [1.807, 2.05) is 0 Å². The van der Waals surface area contributed by atoms with Crippen LogP contribution in [0.3, 0.4) is 0 Å². The molecule has 2 rings (SSSR count). The summed E-state index contributed by atoms with van der Waals surface area (Å²) in [5, 5.41) is 3.56. The van der Waals surface area contributed by atoms with Gasteiger partial charge in [0.25, 0.3) is 0 Å². The largest absolute Gasteiger partial charge is 0.378 e. The molecular weight excluding hydrogens is 212 g/mol. The van der Waals surface area contributed by atoms with E-state index >= 15 is 0 Å². The van der Waals surface area contributed by atoms with Crippen molar-refractivity contribution in [3.63, 3.8) is 0 Å². The van der Waals surface area contributed by atoms with Gasteiger partial charge in [0.15, 0.2) is 0 Å². The highest BCUT2D eigenvalue weighted by Gasteiger charge is 2.52. The summed E-state index contributed by atoms with van der Waals surface area (Å²) in [6.45, 7) is 14.6. The number of rotatable bonds is 3. The molecule has 0 spiro atoms. The second kappa shape index (κ2) is 4.87. The molecule has 0 radical (unpaired) electrons. The number of nitrogens with zero attached hydrogens (tertiary/aromatic N) is 1. The van der Waals surface area contributed by atoms with Crippen LogP contribution in [0, 0.1) is 5.41 Å². The number of hydrogen-bond acceptors (Lipinski definition) is 3. The first-order chi connectivity index (χ1) is 7.96. The van der Waals surface area contributed by atoms with Crippen LogP contribution in [0.5, 0.6) is 0 Å². The van der Waals surface area contributed by atoms with Gasteiger partial charge in [0.05, 0.1) is 6.10 Å². The molecule has 0 aromatic carbocycles. The van der Waals surface area contributed by atoms with Crippen molar-refractivity contribution in [1.82, 2.24) is 10.2 Å². The molecule has 1 heterocycles. The van der Waals surface area contributed by atoms with Crippen LogP contribution in [-0.4, -0.2) is 48.8 Å². The molecule has 2 aliphatic rings. The molecule has 0 amide bonds. The van der Waals surface area contributed by atoms with Crippen LogP contribution in [0.25, 0.3) is 0 Å². The third kappa shape index (κ3) is 2.38. The molecule has 1 aliphatic heterocycles. The van der Waals surface area contributed by atoms with Crippen molar-refractivity contribution >= 4 is 0 Å². The van der Waals surface area contributed by atoms with Gasteiger partial charge in [-0.15, -0.1) is 0 Å². The van der Waals surface area contributed by atoms with Gasteiger partial charge in [0.1, 0.15) is 0 Å². The maximum absolute atomic E-state index is 5.83. The number of ether oxygens (including phenoxy) is 1. The highest BCUT2D eigenvalue weighted by atomic mass is 16.5. The van der Waals surface area contributed by atoms with E-state index < -0.39 is 0 Å². The Balaban J connectivity index is 1.99. The van der Waals surface area contributed by atoms with Crippen LogP contribution < -0.4 is 5.32 Å². The lowest BCUT2D eigenvalue weighted by molar-refractivity contribution is -0.161. The van der Waals surface area contributed by atoms with E-state index in [4.69, 9.17) is 4.74 Å². The molecule has 0 aromatic rings. The minimum Gasteiger partial charge on any atom is -0.378 e. The number of piperazine rings is 1. The van der Waals surface area contributed by atoms with Crippen LogP contribution in [0.4, 0.5) is 0 Å². The topological polar surface area (TPSA) is 24.5 Å². The zero-order chi connectivity index (χ0) is 12.6. The maximum Gasteiger partial charge on any atom is 0.0655 e. The Morgan fingerprint density at radius 3 is 2.65 bits per heavy atom. The standard InChI is InChI=1S/C14H28N2O/c1-6-17-13-7-12(14(13,4)5)16-9-10(2)15-8-11(16)3/h10-13,15H,6-9H2,1-5H3. The summed E-state index contributed by atoms with van der Waals surface area (Å²) in [6.07, 6.45) is 1.66. The van der Waals surface area contributed by atoms with Crippen molar-refractivity contribution in [2.45, 2.75) is 65.3 Å². The van der Waals surface area contributed by atoms with E-state index in [0.29, 0.717) is 29.6 Å². The Morgan fingerprint density at radius 2 is 2.06 bits per heavy atom. The van der Waals surface area contributed by atoms with Crippen molar-refractivity contribution in [2.75, 3.05) is 19.7 Å². The van der Waals surface area contributed by atoms with Crippen molar-refractivity contribution in [1.29, 1.82) is 0 Å². The normalized spacial score (nSPS) is 42.2. The molecule has 4 atom stereocenters. The van der Waals surface area contributed by atoms with Crippen LogP contribution in [0.2, 0.25) is 0 Å². The van der Waals surface area contributed by atoms with Gasteiger partial charge in [0.2, 0.25) is 0 Å². The fourth-order valence-corrected chi connectivity index (χ4v) is 3.40. The third-order valence-corrected chi connectivity index (χ3v) is 4.71. The lowest BCUT2D eigenvalue weighted by Gasteiger charge is -2.58. The van der Waals surface area contributed by atoms with Gasteiger partial charge >= 0.3 is 0 Å². The Hall–Kier alpha value is -0.120. The summed E-state index contributed by atoms with van der Waals surface area (Å²) in [5.41, 5.74) is 0.307. The lowest BCUT2D eigenvalue weighted by atomic mass is 9.63. The Morgan fingerprint density at radius 1 is 1.35 bits per heavy atom. The van der Waals surface area contributed by atoms with E-state index in [0.717, 1.165) is 13.2 Å². The summed E-state index contributed by atoms with van der Waals surface area (Å²) in [4.78, 5) is 2.69. The molecule has 100 valence electrons. The molecule has 17 heavy (non-hydrogen) atoms. The van der Waals surface area contributed by atoms with Crippen molar-refractivity contribution < 1.29 is 4.74 Å². The van der Waals surface area contributed by atoms with Crippen molar-refractivity contribution in [3.8, 4) is 0 Å². The molecule has 4 unspecified atom stereocenters. The van der Waals surface area contributed by atoms with E-state index in [-0.39, 0.29) is 0 Å². The van der Waals surface area contributed by atoms with E-state index in [1.165, 1.54) is 13.0 Å². The van der Waals surface area contributed by atoms with Crippen LogP contribution in [-0.2, 0) is 4.74 Å². The Bertz CT molecular complexity index is 267. The summed E-state index contributed by atoms with van der Waals surface area (Å²) in [5.74, 6) is 0. The number of nitrogens with one attached hydrogen (secondary N) is 1. The van der Waals surface area contributed by atoms with E-state index in [9.17, 15) is 0 Å². The first-order valence-corrected chi connectivity index (χ1v) is 7.07. The fraction of sp³-hybridized carbons (Fsp3) is 1.00. The molecule has 0 bridgehead atoms.